The number of anilines is 1. The van der Waals surface area contributed by atoms with E-state index >= 15 is 0 Å². The summed E-state index contributed by atoms with van der Waals surface area (Å²) in [7, 11) is 0. The summed E-state index contributed by atoms with van der Waals surface area (Å²) in [6.45, 7) is 4.05. The van der Waals surface area contributed by atoms with E-state index in [0.717, 1.165) is 5.69 Å². The predicted molar refractivity (Wildman–Crippen MR) is 81.4 cm³/mol. The number of hydrogen-bond donors (Lipinski definition) is 1. The van der Waals surface area contributed by atoms with Crippen LogP contribution in [0, 0.1) is 5.82 Å². The van der Waals surface area contributed by atoms with Gasteiger partial charge in [0, 0.05) is 17.4 Å². The molecule has 0 saturated carbocycles. The van der Waals surface area contributed by atoms with E-state index in [1.54, 1.807) is 22.8 Å². The maximum atomic E-state index is 12.9. The number of carbonyl (C=O) groups excluding carboxylic acids is 1. The molecule has 0 atom stereocenters. The topological polar surface area (TPSA) is 59.3 Å². The molecule has 2 aromatic heterocycles. The van der Waals surface area contributed by atoms with Crippen molar-refractivity contribution in [3.8, 4) is 0 Å². The number of benzene rings is 1. The van der Waals surface area contributed by atoms with Gasteiger partial charge in [0.1, 0.15) is 11.5 Å². The molecule has 112 valence electrons. The second-order valence-corrected chi connectivity index (χ2v) is 5.28. The quantitative estimate of drug-likeness (QED) is 0.807. The SMILES string of the molecule is CC(C)c1cc(C(=O)Nc2ccc(F)cc2)nc2ccnn12. The van der Waals surface area contributed by atoms with Gasteiger partial charge in [-0.1, -0.05) is 13.8 Å². The molecule has 0 unspecified atom stereocenters. The Morgan fingerprint density at radius 1 is 1.23 bits per heavy atom. The maximum Gasteiger partial charge on any atom is 0.274 e. The van der Waals surface area contributed by atoms with Gasteiger partial charge in [-0.3, -0.25) is 4.79 Å². The molecule has 22 heavy (non-hydrogen) atoms. The van der Waals surface area contributed by atoms with Gasteiger partial charge >= 0.3 is 0 Å². The number of amides is 1. The molecule has 2 heterocycles. The van der Waals surface area contributed by atoms with Crippen LogP contribution < -0.4 is 5.32 Å². The van der Waals surface area contributed by atoms with Crippen LogP contribution in [0.1, 0.15) is 35.9 Å². The number of hydrogen-bond acceptors (Lipinski definition) is 3. The Morgan fingerprint density at radius 3 is 2.64 bits per heavy atom. The van der Waals surface area contributed by atoms with Crippen molar-refractivity contribution < 1.29 is 9.18 Å². The Balaban J connectivity index is 1.95. The molecule has 0 aliphatic heterocycles. The smallest absolute Gasteiger partial charge is 0.274 e. The first-order chi connectivity index (χ1) is 10.5. The molecule has 0 spiro atoms. The molecule has 1 N–H and O–H groups in total. The highest BCUT2D eigenvalue weighted by Gasteiger charge is 2.14. The Kier molecular flexibility index (Phi) is 3.58. The van der Waals surface area contributed by atoms with E-state index in [9.17, 15) is 9.18 Å². The first kappa shape index (κ1) is 14.2. The van der Waals surface area contributed by atoms with Crippen molar-refractivity contribution in [3.05, 3.63) is 59.8 Å². The number of carbonyl (C=O) groups is 1. The van der Waals surface area contributed by atoms with Crippen molar-refractivity contribution >= 4 is 17.2 Å². The Morgan fingerprint density at radius 2 is 1.95 bits per heavy atom. The zero-order chi connectivity index (χ0) is 15.7. The van der Waals surface area contributed by atoms with Gasteiger partial charge < -0.3 is 5.32 Å². The molecule has 3 rings (SSSR count). The predicted octanol–water partition coefficient (Wildman–Crippen LogP) is 3.24. The van der Waals surface area contributed by atoms with Gasteiger partial charge in [-0.25, -0.2) is 13.9 Å². The summed E-state index contributed by atoms with van der Waals surface area (Å²) < 4.78 is 14.6. The molecule has 0 bridgehead atoms. The fraction of sp³-hybridized carbons (Fsp3) is 0.188. The van der Waals surface area contributed by atoms with E-state index < -0.39 is 0 Å². The van der Waals surface area contributed by atoms with Gasteiger partial charge in [0.25, 0.3) is 5.91 Å². The highest BCUT2D eigenvalue weighted by atomic mass is 19.1. The number of rotatable bonds is 3. The summed E-state index contributed by atoms with van der Waals surface area (Å²) >= 11 is 0. The number of nitrogens with one attached hydrogen (secondary N) is 1. The molecule has 3 aromatic rings. The van der Waals surface area contributed by atoms with Gasteiger partial charge in [-0.05, 0) is 36.2 Å². The second-order valence-electron chi connectivity index (χ2n) is 5.28. The van der Waals surface area contributed by atoms with Gasteiger partial charge in [0.05, 0.1) is 6.20 Å². The van der Waals surface area contributed by atoms with Gasteiger partial charge in [-0.15, -0.1) is 0 Å². The summed E-state index contributed by atoms with van der Waals surface area (Å²) in [4.78, 5) is 16.6. The van der Waals surface area contributed by atoms with Crippen molar-refractivity contribution in [1.82, 2.24) is 14.6 Å². The zero-order valence-corrected chi connectivity index (χ0v) is 12.2. The van der Waals surface area contributed by atoms with Crippen LogP contribution in [0.15, 0.2) is 42.6 Å². The standard InChI is InChI=1S/C16H15FN4O/c1-10(2)14-9-13(20-15-7-8-18-21(14)15)16(22)19-12-5-3-11(17)4-6-12/h3-10H,1-2H3,(H,19,22). The summed E-state index contributed by atoms with van der Waals surface area (Å²) in [5, 5.41) is 6.93. The molecular formula is C16H15FN4O. The third kappa shape index (κ3) is 2.67. The summed E-state index contributed by atoms with van der Waals surface area (Å²) in [6.07, 6.45) is 1.65. The van der Waals surface area contributed by atoms with Crippen LogP contribution in [0.4, 0.5) is 10.1 Å². The van der Waals surface area contributed by atoms with Crippen LogP contribution in [0.25, 0.3) is 5.65 Å². The van der Waals surface area contributed by atoms with E-state index in [2.05, 4.69) is 15.4 Å². The number of nitrogens with zero attached hydrogens (tertiary/aromatic N) is 3. The van der Waals surface area contributed by atoms with Crippen molar-refractivity contribution in [3.63, 3.8) is 0 Å². The van der Waals surface area contributed by atoms with E-state index in [1.165, 1.54) is 24.3 Å². The third-order valence-corrected chi connectivity index (χ3v) is 3.31. The van der Waals surface area contributed by atoms with E-state index in [0.29, 0.717) is 17.0 Å². The number of aromatic nitrogens is 3. The van der Waals surface area contributed by atoms with Crippen LogP contribution in [0.5, 0.6) is 0 Å². The Bertz CT molecular complexity index is 824. The molecule has 0 aliphatic carbocycles. The van der Waals surface area contributed by atoms with E-state index in [4.69, 9.17) is 0 Å². The first-order valence-corrected chi connectivity index (χ1v) is 6.96. The first-order valence-electron chi connectivity index (χ1n) is 6.96. The lowest BCUT2D eigenvalue weighted by Crippen LogP contribution is -2.16. The van der Waals surface area contributed by atoms with Gasteiger partial charge in [0.2, 0.25) is 0 Å². The summed E-state index contributed by atoms with van der Waals surface area (Å²) in [5.41, 5.74) is 2.35. The number of halogens is 1. The summed E-state index contributed by atoms with van der Waals surface area (Å²) in [6, 6.07) is 9.08. The molecule has 1 amide bonds. The minimum Gasteiger partial charge on any atom is -0.321 e. The van der Waals surface area contributed by atoms with Crippen LogP contribution in [-0.4, -0.2) is 20.5 Å². The average molecular weight is 298 g/mol. The molecule has 0 radical (unpaired) electrons. The lowest BCUT2D eigenvalue weighted by Gasteiger charge is -2.11. The maximum absolute atomic E-state index is 12.9. The average Bonchev–Trinajstić information content (AvgIpc) is 2.96. The van der Waals surface area contributed by atoms with Crippen molar-refractivity contribution in [2.45, 2.75) is 19.8 Å². The van der Waals surface area contributed by atoms with E-state index in [1.807, 2.05) is 13.8 Å². The Hall–Kier alpha value is -2.76. The monoisotopic (exact) mass is 298 g/mol. The lowest BCUT2D eigenvalue weighted by molar-refractivity contribution is 0.102. The fourth-order valence-electron chi connectivity index (χ4n) is 2.19. The van der Waals surface area contributed by atoms with Crippen molar-refractivity contribution in [2.24, 2.45) is 0 Å². The molecular weight excluding hydrogens is 283 g/mol. The minimum absolute atomic E-state index is 0.197. The molecule has 6 heteroatoms. The highest BCUT2D eigenvalue weighted by Crippen LogP contribution is 2.17. The lowest BCUT2D eigenvalue weighted by atomic mass is 10.1. The largest absolute Gasteiger partial charge is 0.321 e. The van der Waals surface area contributed by atoms with Crippen molar-refractivity contribution in [2.75, 3.05) is 5.32 Å². The molecule has 0 fully saturated rings. The van der Waals surface area contributed by atoms with Crippen LogP contribution in [0.2, 0.25) is 0 Å². The Labute approximate surface area is 126 Å². The van der Waals surface area contributed by atoms with Crippen LogP contribution in [-0.2, 0) is 0 Å². The zero-order valence-electron chi connectivity index (χ0n) is 12.2. The minimum atomic E-state index is -0.348. The second kappa shape index (κ2) is 5.55. The molecule has 0 aliphatic rings. The third-order valence-electron chi connectivity index (χ3n) is 3.31. The normalized spacial score (nSPS) is 11.1. The highest BCUT2D eigenvalue weighted by molar-refractivity contribution is 6.03. The summed E-state index contributed by atoms with van der Waals surface area (Å²) in [5.74, 6) is -0.487. The molecule has 0 saturated heterocycles. The van der Waals surface area contributed by atoms with Gasteiger partial charge in [-0.2, -0.15) is 5.10 Å². The van der Waals surface area contributed by atoms with Gasteiger partial charge in [0.15, 0.2) is 5.65 Å². The van der Waals surface area contributed by atoms with Crippen LogP contribution >= 0.6 is 0 Å². The molecule has 1 aromatic carbocycles. The van der Waals surface area contributed by atoms with E-state index in [-0.39, 0.29) is 17.6 Å². The van der Waals surface area contributed by atoms with Crippen molar-refractivity contribution in [1.29, 1.82) is 0 Å². The molecule has 5 nitrogen and oxygen atoms in total. The van der Waals surface area contributed by atoms with Crippen LogP contribution in [0.3, 0.4) is 0 Å². The number of fused-ring (bicyclic) bond motifs is 1. The fourth-order valence-corrected chi connectivity index (χ4v) is 2.19.